The summed E-state index contributed by atoms with van der Waals surface area (Å²) in [5.41, 5.74) is 6.07. The second-order valence-corrected chi connectivity index (χ2v) is 7.93. The Hall–Kier alpha value is -4.06. The van der Waals surface area contributed by atoms with Gasteiger partial charge in [0.15, 0.2) is 0 Å². The summed E-state index contributed by atoms with van der Waals surface area (Å²) >= 11 is 0. The zero-order chi connectivity index (χ0) is 22.2. The van der Waals surface area contributed by atoms with Crippen LogP contribution in [-0.2, 0) is 4.79 Å². The van der Waals surface area contributed by atoms with Crippen molar-refractivity contribution in [1.82, 2.24) is 9.55 Å². The van der Waals surface area contributed by atoms with Crippen molar-refractivity contribution in [2.75, 3.05) is 17.7 Å². The van der Waals surface area contributed by atoms with E-state index in [1.165, 1.54) is 5.56 Å². The van der Waals surface area contributed by atoms with Crippen LogP contribution in [0.4, 0.5) is 11.6 Å². The Balaban J connectivity index is 1.66. The lowest BCUT2D eigenvalue weighted by Crippen LogP contribution is -2.31. The molecule has 1 unspecified atom stereocenters. The second kappa shape index (κ2) is 7.89. The summed E-state index contributed by atoms with van der Waals surface area (Å²) in [5, 5.41) is 6.39. The molecule has 0 aliphatic carbocycles. The van der Waals surface area contributed by atoms with Gasteiger partial charge in [-0.1, -0.05) is 54.1 Å². The third-order valence-electron chi connectivity index (χ3n) is 5.82. The molecule has 0 radical (unpaired) electrons. The first-order valence-electron chi connectivity index (χ1n) is 10.5. The molecule has 5 rings (SSSR count). The van der Waals surface area contributed by atoms with Gasteiger partial charge in [-0.05, 0) is 43.7 Å². The molecule has 1 aliphatic rings. The van der Waals surface area contributed by atoms with E-state index in [1.807, 2.05) is 55.5 Å². The van der Waals surface area contributed by atoms with Crippen molar-refractivity contribution in [1.29, 1.82) is 0 Å². The summed E-state index contributed by atoms with van der Waals surface area (Å²) in [6.07, 6.45) is 0. The molecule has 1 amide bonds. The molecule has 0 saturated heterocycles. The minimum atomic E-state index is -0.325. The first-order chi connectivity index (χ1) is 15.6. The predicted molar refractivity (Wildman–Crippen MR) is 127 cm³/mol. The smallest absolute Gasteiger partial charge is 0.255 e. The number of nitrogens with one attached hydrogen (secondary N) is 2. The van der Waals surface area contributed by atoms with Crippen LogP contribution >= 0.6 is 0 Å². The molecule has 160 valence electrons. The van der Waals surface area contributed by atoms with Crippen LogP contribution in [-0.4, -0.2) is 22.6 Å². The number of para-hydroxylation sites is 4. The van der Waals surface area contributed by atoms with E-state index in [9.17, 15) is 4.79 Å². The number of amides is 1. The molecule has 3 aromatic carbocycles. The number of hydrogen-bond acceptors (Lipinski definition) is 4. The highest BCUT2D eigenvalue weighted by Gasteiger charge is 2.34. The molecule has 1 aromatic heterocycles. The summed E-state index contributed by atoms with van der Waals surface area (Å²) < 4.78 is 7.53. The quantitative estimate of drug-likeness (QED) is 0.468. The first-order valence-corrected chi connectivity index (χ1v) is 10.5. The normalized spacial score (nSPS) is 15.3. The number of hydrogen-bond donors (Lipinski definition) is 2. The molecular formula is C26H24N4O2. The van der Waals surface area contributed by atoms with E-state index in [-0.39, 0.29) is 11.9 Å². The topological polar surface area (TPSA) is 68.2 Å². The van der Waals surface area contributed by atoms with E-state index >= 15 is 0 Å². The van der Waals surface area contributed by atoms with Gasteiger partial charge in [-0.3, -0.25) is 9.36 Å². The monoisotopic (exact) mass is 424 g/mol. The maximum Gasteiger partial charge on any atom is 0.255 e. The van der Waals surface area contributed by atoms with E-state index in [0.29, 0.717) is 17.0 Å². The van der Waals surface area contributed by atoms with Crippen molar-refractivity contribution in [3.05, 3.63) is 95.2 Å². The minimum Gasteiger partial charge on any atom is -0.495 e. The largest absolute Gasteiger partial charge is 0.495 e. The standard InChI is InChI=1S/C26H24N4O2/c1-16-12-14-18(15-13-16)24-23(25(31)28-20-9-5-7-11-22(20)32-3)17(2)27-26-29-19-8-4-6-10-21(19)30(24)26/h4-15,24H,1-3H3,(H,27,29)(H,28,31). The first kappa shape index (κ1) is 19.9. The van der Waals surface area contributed by atoms with Gasteiger partial charge in [0.05, 0.1) is 35.4 Å². The number of ether oxygens (including phenoxy) is 1. The van der Waals surface area contributed by atoms with Gasteiger partial charge in [0.25, 0.3) is 5.91 Å². The van der Waals surface area contributed by atoms with Crippen molar-refractivity contribution in [2.45, 2.75) is 19.9 Å². The van der Waals surface area contributed by atoms with Crippen molar-refractivity contribution in [3.63, 3.8) is 0 Å². The second-order valence-electron chi connectivity index (χ2n) is 7.93. The molecule has 2 N–H and O–H groups in total. The van der Waals surface area contributed by atoms with Crippen LogP contribution in [0.25, 0.3) is 11.0 Å². The maximum absolute atomic E-state index is 13.7. The number of benzene rings is 3. The Morgan fingerprint density at radius 3 is 2.50 bits per heavy atom. The number of carbonyl (C=O) groups is 1. The molecular weight excluding hydrogens is 400 g/mol. The maximum atomic E-state index is 13.7. The zero-order valence-electron chi connectivity index (χ0n) is 18.2. The van der Waals surface area contributed by atoms with Crippen LogP contribution in [0, 0.1) is 6.92 Å². The Kier molecular flexibility index (Phi) is 4.90. The number of rotatable bonds is 4. The van der Waals surface area contributed by atoms with Gasteiger partial charge in [-0.2, -0.15) is 0 Å². The predicted octanol–water partition coefficient (Wildman–Crippen LogP) is 5.28. The molecule has 1 aliphatic heterocycles. The van der Waals surface area contributed by atoms with Crippen LogP contribution in [0.2, 0.25) is 0 Å². The molecule has 0 bridgehead atoms. The molecule has 6 heteroatoms. The number of fused-ring (bicyclic) bond motifs is 3. The summed E-state index contributed by atoms with van der Waals surface area (Å²) in [6, 6.07) is 23.4. The third kappa shape index (κ3) is 3.30. The number of imidazole rings is 1. The number of methoxy groups -OCH3 is 1. The molecule has 2 heterocycles. The van der Waals surface area contributed by atoms with Gasteiger partial charge >= 0.3 is 0 Å². The molecule has 0 fully saturated rings. The van der Waals surface area contributed by atoms with Gasteiger partial charge in [-0.15, -0.1) is 0 Å². The fourth-order valence-corrected chi connectivity index (χ4v) is 4.26. The summed E-state index contributed by atoms with van der Waals surface area (Å²) in [5.74, 6) is 1.15. The van der Waals surface area contributed by atoms with Crippen molar-refractivity contribution < 1.29 is 9.53 Å². The van der Waals surface area contributed by atoms with Crippen molar-refractivity contribution in [3.8, 4) is 5.75 Å². The number of carbonyl (C=O) groups excluding carboxylic acids is 1. The number of allylic oxidation sites excluding steroid dienone is 1. The summed E-state index contributed by atoms with van der Waals surface area (Å²) in [4.78, 5) is 18.4. The Labute approximate surface area is 186 Å². The lowest BCUT2D eigenvalue weighted by atomic mass is 9.93. The average Bonchev–Trinajstić information content (AvgIpc) is 3.17. The minimum absolute atomic E-state index is 0.187. The van der Waals surface area contributed by atoms with Crippen molar-refractivity contribution >= 4 is 28.6 Å². The van der Waals surface area contributed by atoms with E-state index < -0.39 is 0 Å². The fourth-order valence-electron chi connectivity index (χ4n) is 4.26. The number of aryl methyl sites for hydroxylation is 1. The Morgan fingerprint density at radius 1 is 1.00 bits per heavy atom. The summed E-state index contributed by atoms with van der Waals surface area (Å²) in [7, 11) is 1.59. The van der Waals surface area contributed by atoms with E-state index in [0.717, 1.165) is 28.2 Å². The number of nitrogens with zero attached hydrogens (tertiary/aromatic N) is 2. The molecule has 6 nitrogen and oxygen atoms in total. The molecule has 1 atom stereocenters. The number of aromatic nitrogens is 2. The molecule has 32 heavy (non-hydrogen) atoms. The highest BCUT2D eigenvalue weighted by atomic mass is 16.5. The van der Waals surface area contributed by atoms with Crippen LogP contribution in [0.3, 0.4) is 0 Å². The van der Waals surface area contributed by atoms with Gasteiger partial charge < -0.3 is 15.4 Å². The van der Waals surface area contributed by atoms with Gasteiger partial charge in [-0.25, -0.2) is 4.98 Å². The highest BCUT2D eigenvalue weighted by molar-refractivity contribution is 6.07. The Morgan fingerprint density at radius 2 is 1.72 bits per heavy atom. The van der Waals surface area contributed by atoms with Gasteiger partial charge in [0, 0.05) is 5.70 Å². The van der Waals surface area contributed by atoms with Crippen LogP contribution in [0.5, 0.6) is 5.75 Å². The lowest BCUT2D eigenvalue weighted by molar-refractivity contribution is -0.113. The van der Waals surface area contributed by atoms with Crippen LogP contribution in [0.15, 0.2) is 84.1 Å². The fraction of sp³-hybridized carbons (Fsp3) is 0.154. The summed E-state index contributed by atoms with van der Waals surface area (Å²) in [6.45, 7) is 3.97. The van der Waals surface area contributed by atoms with Gasteiger partial charge in [0.1, 0.15) is 5.75 Å². The van der Waals surface area contributed by atoms with E-state index in [4.69, 9.17) is 9.72 Å². The third-order valence-corrected chi connectivity index (χ3v) is 5.82. The lowest BCUT2D eigenvalue weighted by Gasteiger charge is -2.31. The number of anilines is 2. The van der Waals surface area contributed by atoms with E-state index in [1.54, 1.807) is 7.11 Å². The molecule has 4 aromatic rings. The molecule has 0 spiro atoms. The van der Waals surface area contributed by atoms with E-state index in [2.05, 4.69) is 46.4 Å². The van der Waals surface area contributed by atoms with Crippen molar-refractivity contribution in [2.24, 2.45) is 0 Å². The molecule has 0 saturated carbocycles. The van der Waals surface area contributed by atoms with Crippen LogP contribution in [0.1, 0.15) is 24.1 Å². The van der Waals surface area contributed by atoms with Crippen LogP contribution < -0.4 is 15.4 Å². The van der Waals surface area contributed by atoms with Gasteiger partial charge in [0.2, 0.25) is 5.95 Å². The Bertz CT molecular complexity index is 1350. The zero-order valence-corrected chi connectivity index (χ0v) is 18.2. The SMILES string of the molecule is COc1ccccc1NC(=O)C1=C(C)Nc2nc3ccccc3n2C1c1ccc(C)cc1. The average molecular weight is 425 g/mol. The highest BCUT2D eigenvalue weighted by Crippen LogP contribution is 2.39.